The minimum atomic E-state index is 0.280. The molecule has 20 heavy (non-hydrogen) atoms. The quantitative estimate of drug-likeness (QED) is 0.797. The topological polar surface area (TPSA) is 73.1 Å². The number of hydrogen-bond acceptors (Lipinski definition) is 6. The summed E-state index contributed by atoms with van der Waals surface area (Å²) in [4.78, 5) is 9.48. The number of methoxy groups -OCH3 is 1. The summed E-state index contributed by atoms with van der Waals surface area (Å²) in [5.74, 6) is 1.87. The van der Waals surface area contributed by atoms with Gasteiger partial charge in [-0.05, 0) is 30.7 Å². The summed E-state index contributed by atoms with van der Waals surface area (Å²) < 4.78 is 5.14. The standard InChI is InChI=1S/C14H18N4OS/c1-3-8-16-12-9-13(18-14(15)17-12)20-11-6-4-10(19-2)5-7-11/h4-7,9H,3,8H2,1-2H3,(H3,15,16,17,18). The van der Waals surface area contributed by atoms with Crippen molar-refractivity contribution in [3.63, 3.8) is 0 Å². The third kappa shape index (κ3) is 4.03. The van der Waals surface area contributed by atoms with Gasteiger partial charge in [0.2, 0.25) is 5.95 Å². The van der Waals surface area contributed by atoms with Gasteiger partial charge in [0.25, 0.3) is 0 Å². The first-order valence-electron chi connectivity index (χ1n) is 6.41. The Morgan fingerprint density at radius 2 is 2.00 bits per heavy atom. The van der Waals surface area contributed by atoms with E-state index in [-0.39, 0.29) is 5.95 Å². The number of rotatable bonds is 6. The van der Waals surface area contributed by atoms with E-state index in [2.05, 4.69) is 22.2 Å². The van der Waals surface area contributed by atoms with Crippen LogP contribution in [0.3, 0.4) is 0 Å². The van der Waals surface area contributed by atoms with Gasteiger partial charge < -0.3 is 15.8 Å². The second kappa shape index (κ2) is 7.00. The Labute approximate surface area is 123 Å². The maximum absolute atomic E-state index is 5.73. The van der Waals surface area contributed by atoms with Gasteiger partial charge in [-0.3, -0.25) is 0 Å². The van der Waals surface area contributed by atoms with Gasteiger partial charge in [0, 0.05) is 17.5 Å². The summed E-state index contributed by atoms with van der Waals surface area (Å²) in [7, 11) is 1.65. The largest absolute Gasteiger partial charge is 0.497 e. The number of anilines is 2. The highest BCUT2D eigenvalue weighted by Crippen LogP contribution is 2.29. The smallest absolute Gasteiger partial charge is 0.223 e. The van der Waals surface area contributed by atoms with Crippen LogP contribution in [0.1, 0.15) is 13.3 Å². The molecule has 0 saturated heterocycles. The Kier molecular flexibility index (Phi) is 5.06. The summed E-state index contributed by atoms with van der Waals surface area (Å²) in [6.07, 6.45) is 1.03. The maximum Gasteiger partial charge on any atom is 0.223 e. The van der Waals surface area contributed by atoms with Crippen molar-refractivity contribution in [1.29, 1.82) is 0 Å². The summed E-state index contributed by atoms with van der Waals surface area (Å²) in [6.45, 7) is 2.97. The van der Waals surface area contributed by atoms with Crippen LogP contribution in [0, 0.1) is 0 Å². The van der Waals surface area contributed by atoms with Gasteiger partial charge in [-0.25, -0.2) is 4.98 Å². The molecule has 1 aromatic carbocycles. The molecule has 106 valence electrons. The van der Waals surface area contributed by atoms with Crippen LogP contribution >= 0.6 is 11.8 Å². The molecule has 3 N–H and O–H groups in total. The van der Waals surface area contributed by atoms with Crippen molar-refractivity contribution in [2.45, 2.75) is 23.3 Å². The third-order valence-electron chi connectivity index (χ3n) is 2.56. The molecule has 0 aliphatic heterocycles. The lowest BCUT2D eigenvalue weighted by Crippen LogP contribution is -2.05. The summed E-state index contributed by atoms with van der Waals surface area (Å²) in [6, 6.07) is 9.72. The molecule has 0 bridgehead atoms. The van der Waals surface area contributed by atoms with Gasteiger partial charge in [0.15, 0.2) is 0 Å². The molecule has 0 atom stereocenters. The molecule has 0 saturated carbocycles. The monoisotopic (exact) mass is 290 g/mol. The number of nitrogens with one attached hydrogen (secondary N) is 1. The Morgan fingerprint density at radius 1 is 1.25 bits per heavy atom. The molecule has 0 aliphatic carbocycles. The zero-order chi connectivity index (χ0) is 14.4. The number of nitrogens with two attached hydrogens (primary N) is 1. The number of benzene rings is 1. The van der Waals surface area contributed by atoms with Crippen LogP contribution in [-0.4, -0.2) is 23.6 Å². The second-order valence-electron chi connectivity index (χ2n) is 4.15. The molecule has 0 fully saturated rings. The number of nitrogens with zero attached hydrogens (tertiary/aromatic N) is 2. The van der Waals surface area contributed by atoms with Crippen LogP contribution in [-0.2, 0) is 0 Å². The first-order chi connectivity index (χ1) is 9.71. The van der Waals surface area contributed by atoms with Crippen molar-refractivity contribution in [3.8, 4) is 5.75 Å². The molecule has 0 amide bonds. The van der Waals surface area contributed by atoms with Crippen molar-refractivity contribution in [2.24, 2.45) is 0 Å². The predicted octanol–water partition coefficient (Wildman–Crippen LogP) is 3.04. The fourth-order valence-electron chi connectivity index (χ4n) is 1.60. The van der Waals surface area contributed by atoms with Crippen LogP contribution < -0.4 is 15.8 Å². The average molecular weight is 290 g/mol. The molecule has 0 aliphatic rings. The Hall–Kier alpha value is -1.95. The summed E-state index contributed by atoms with van der Waals surface area (Å²) in [5, 5.41) is 4.04. The van der Waals surface area contributed by atoms with Crippen molar-refractivity contribution >= 4 is 23.5 Å². The fraction of sp³-hybridized carbons (Fsp3) is 0.286. The molecule has 6 heteroatoms. The van der Waals surface area contributed by atoms with Gasteiger partial charge in [-0.15, -0.1) is 0 Å². The average Bonchev–Trinajstić information content (AvgIpc) is 2.45. The summed E-state index contributed by atoms with van der Waals surface area (Å²) in [5.41, 5.74) is 5.73. The maximum atomic E-state index is 5.73. The highest BCUT2D eigenvalue weighted by atomic mass is 32.2. The first kappa shape index (κ1) is 14.5. The molecule has 0 spiro atoms. The summed E-state index contributed by atoms with van der Waals surface area (Å²) >= 11 is 1.54. The lowest BCUT2D eigenvalue weighted by atomic mass is 10.3. The molecular weight excluding hydrogens is 272 g/mol. The zero-order valence-corrected chi connectivity index (χ0v) is 12.4. The number of hydrogen-bond donors (Lipinski definition) is 2. The first-order valence-corrected chi connectivity index (χ1v) is 7.23. The number of ether oxygens (including phenoxy) is 1. The van der Waals surface area contributed by atoms with Crippen LogP contribution in [0.5, 0.6) is 5.75 Å². The number of nitrogen functional groups attached to an aromatic ring is 1. The minimum absolute atomic E-state index is 0.280. The minimum Gasteiger partial charge on any atom is -0.497 e. The number of aromatic nitrogens is 2. The normalized spacial score (nSPS) is 10.3. The lowest BCUT2D eigenvalue weighted by Gasteiger charge is -2.07. The van der Waals surface area contributed by atoms with E-state index in [4.69, 9.17) is 10.5 Å². The molecule has 2 rings (SSSR count). The van der Waals surface area contributed by atoms with Crippen molar-refractivity contribution < 1.29 is 4.74 Å². The molecule has 5 nitrogen and oxygen atoms in total. The molecular formula is C14H18N4OS. The van der Waals surface area contributed by atoms with Gasteiger partial charge in [-0.2, -0.15) is 4.98 Å². The van der Waals surface area contributed by atoms with E-state index in [0.717, 1.165) is 34.5 Å². The van der Waals surface area contributed by atoms with Crippen molar-refractivity contribution in [2.75, 3.05) is 24.7 Å². The molecule has 1 aromatic heterocycles. The second-order valence-corrected chi connectivity index (χ2v) is 5.25. The van der Waals surface area contributed by atoms with E-state index in [1.165, 1.54) is 0 Å². The Morgan fingerprint density at radius 3 is 2.65 bits per heavy atom. The highest BCUT2D eigenvalue weighted by Gasteiger charge is 2.04. The van der Waals surface area contributed by atoms with Crippen LogP contribution in [0.25, 0.3) is 0 Å². The molecule has 0 unspecified atom stereocenters. The SMILES string of the molecule is CCCNc1cc(Sc2ccc(OC)cc2)nc(N)n1. The van der Waals surface area contributed by atoms with E-state index in [9.17, 15) is 0 Å². The molecule has 2 aromatic rings. The predicted molar refractivity (Wildman–Crippen MR) is 82.3 cm³/mol. The van der Waals surface area contributed by atoms with E-state index >= 15 is 0 Å². The van der Waals surface area contributed by atoms with Gasteiger partial charge >= 0.3 is 0 Å². The van der Waals surface area contributed by atoms with Gasteiger partial charge in [-0.1, -0.05) is 18.7 Å². The zero-order valence-electron chi connectivity index (χ0n) is 11.6. The van der Waals surface area contributed by atoms with Gasteiger partial charge in [0.05, 0.1) is 7.11 Å². The van der Waals surface area contributed by atoms with Crippen molar-refractivity contribution in [1.82, 2.24) is 9.97 Å². The van der Waals surface area contributed by atoms with E-state index in [1.807, 2.05) is 30.3 Å². The highest BCUT2D eigenvalue weighted by molar-refractivity contribution is 7.99. The Bertz CT molecular complexity index is 560. The fourth-order valence-corrected chi connectivity index (χ4v) is 2.43. The van der Waals surface area contributed by atoms with Crippen LogP contribution in [0.2, 0.25) is 0 Å². The van der Waals surface area contributed by atoms with Crippen molar-refractivity contribution in [3.05, 3.63) is 30.3 Å². The lowest BCUT2D eigenvalue weighted by molar-refractivity contribution is 0.414. The van der Waals surface area contributed by atoms with E-state index in [0.29, 0.717) is 0 Å². The van der Waals surface area contributed by atoms with Crippen LogP contribution in [0.4, 0.5) is 11.8 Å². The van der Waals surface area contributed by atoms with E-state index in [1.54, 1.807) is 18.9 Å². The van der Waals surface area contributed by atoms with Crippen LogP contribution in [0.15, 0.2) is 40.3 Å². The van der Waals surface area contributed by atoms with Gasteiger partial charge in [0.1, 0.15) is 16.6 Å². The Balaban J connectivity index is 2.12. The molecule has 0 radical (unpaired) electrons. The third-order valence-corrected chi connectivity index (χ3v) is 3.48. The molecule has 1 heterocycles. The van der Waals surface area contributed by atoms with E-state index < -0.39 is 0 Å².